The van der Waals surface area contributed by atoms with E-state index in [1.165, 1.54) is 11.3 Å². The van der Waals surface area contributed by atoms with Crippen molar-refractivity contribution in [3.63, 3.8) is 0 Å². The number of piperidine rings is 1. The normalized spacial score (nSPS) is 23.5. The number of carbonyl (C=O) groups excluding carboxylic acids is 1. The molecule has 1 aliphatic carbocycles. The van der Waals surface area contributed by atoms with Crippen LogP contribution in [0.15, 0.2) is 6.20 Å². The van der Waals surface area contributed by atoms with Crippen molar-refractivity contribution < 1.29 is 13.9 Å². The number of nitrogens with zero attached hydrogens (tertiary/aromatic N) is 5. The van der Waals surface area contributed by atoms with Crippen molar-refractivity contribution >= 4 is 17.6 Å². The Morgan fingerprint density at radius 2 is 2.13 bits per heavy atom. The second-order valence-corrected chi connectivity index (χ2v) is 9.87. The number of hydrogen-bond acceptors (Lipinski definition) is 6. The van der Waals surface area contributed by atoms with E-state index in [2.05, 4.69) is 22.3 Å². The van der Waals surface area contributed by atoms with Crippen molar-refractivity contribution in [1.29, 1.82) is 0 Å². The molecule has 2 fully saturated rings. The van der Waals surface area contributed by atoms with E-state index in [0.29, 0.717) is 18.9 Å². The largest absolute Gasteiger partial charge is 0.444 e. The third kappa shape index (κ3) is 4.19. The lowest BCUT2D eigenvalue weighted by Gasteiger charge is -2.39. The lowest BCUT2D eigenvalue weighted by molar-refractivity contribution is 0.0125. The Hall–Kier alpha value is -2.45. The van der Waals surface area contributed by atoms with Crippen LogP contribution in [0.2, 0.25) is 0 Å². The number of amides is 1. The van der Waals surface area contributed by atoms with Gasteiger partial charge in [0.25, 0.3) is 0 Å². The minimum absolute atomic E-state index is 0.0107. The van der Waals surface area contributed by atoms with Crippen molar-refractivity contribution in [2.75, 3.05) is 18.4 Å². The number of likely N-dealkylation sites (tertiary alicyclic amines) is 1. The summed E-state index contributed by atoms with van der Waals surface area (Å²) in [5, 5.41) is 7.83. The number of imidazole rings is 1. The van der Waals surface area contributed by atoms with Gasteiger partial charge < -0.3 is 15.0 Å². The Labute approximate surface area is 182 Å². The maximum Gasteiger partial charge on any atom is 0.410 e. The first-order chi connectivity index (χ1) is 14.6. The number of aromatic nitrogens is 4. The highest BCUT2D eigenvalue weighted by atomic mass is 19.1. The minimum Gasteiger partial charge on any atom is -0.444 e. The summed E-state index contributed by atoms with van der Waals surface area (Å²) in [7, 11) is 0. The van der Waals surface area contributed by atoms with Gasteiger partial charge in [0.05, 0.1) is 24.5 Å². The van der Waals surface area contributed by atoms with Crippen LogP contribution in [0.1, 0.15) is 71.3 Å². The van der Waals surface area contributed by atoms with Gasteiger partial charge in [0, 0.05) is 12.0 Å². The summed E-state index contributed by atoms with van der Waals surface area (Å²) in [4.78, 5) is 22.9. The van der Waals surface area contributed by atoms with Crippen LogP contribution in [-0.2, 0) is 10.2 Å². The number of fused-ring (bicyclic) bond motifs is 1. The highest BCUT2D eigenvalue weighted by Gasteiger charge is 2.41. The van der Waals surface area contributed by atoms with Gasteiger partial charge in [0.15, 0.2) is 0 Å². The van der Waals surface area contributed by atoms with Gasteiger partial charge in [-0.2, -0.15) is 0 Å². The van der Waals surface area contributed by atoms with E-state index in [0.717, 1.165) is 36.3 Å². The van der Waals surface area contributed by atoms with Gasteiger partial charge in [-0.25, -0.2) is 23.7 Å². The first-order valence-corrected chi connectivity index (χ1v) is 11.2. The summed E-state index contributed by atoms with van der Waals surface area (Å²) >= 11 is 0. The number of alkyl halides is 1. The zero-order valence-corrected chi connectivity index (χ0v) is 19.1. The number of ether oxygens (including phenoxy) is 1. The molecule has 170 valence electrons. The molecule has 0 spiro atoms. The van der Waals surface area contributed by atoms with Crippen molar-refractivity contribution in [1.82, 2.24) is 24.5 Å². The van der Waals surface area contributed by atoms with Crippen LogP contribution in [-0.4, -0.2) is 61.5 Å². The molecule has 2 aromatic rings. The molecule has 1 saturated heterocycles. The monoisotopic (exact) mass is 432 g/mol. The van der Waals surface area contributed by atoms with Gasteiger partial charge in [-0.1, -0.05) is 13.3 Å². The van der Waals surface area contributed by atoms with E-state index in [1.807, 2.05) is 11.4 Å². The molecule has 8 nitrogen and oxygen atoms in total. The predicted molar refractivity (Wildman–Crippen MR) is 116 cm³/mol. The molecule has 2 aliphatic rings. The molecule has 0 radical (unpaired) electrons. The zero-order chi connectivity index (χ0) is 22.4. The Kier molecular flexibility index (Phi) is 5.55. The average Bonchev–Trinajstić information content (AvgIpc) is 2.98. The fraction of sp³-hybridized carbons (Fsp3) is 0.727. The van der Waals surface area contributed by atoms with E-state index in [4.69, 9.17) is 9.72 Å². The zero-order valence-electron chi connectivity index (χ0n) is 19.1. The topological polar surface area (TPSA) is 84.7 Å². The van der Waals surface area contributed by atoms with Crippen LogP contribution in [0.4, 0.5) is 15.1 Å². The fourth-order valence-corrected chi connectivity index (χ4v) is 4.50. The van der Waals surface area contributed by atoms with Gasteiger partial charge in [-0.15, -0.1) is 5.10 Å². The molecular weight excluding hydrogens is 399 g/mol. The molecule has 1 amide bonds. The van der Waals surface area contributed by atoms with Gasteiger partial charge in [-0.3, -0.25) is 0 Å². The Bertz CT molecular complexity index is 959. The van der Waals surface area contributed by atoms with E-state index < -0.39 is 23.9 Å². The number of nitrogens with one attached hydrogen (secondary N) is 1. The van der Waals surface area contributed by atoms with E-state index in [9.17, 15) is 9.18 Å². The molecule has 1 aliphatic heterocycles. The van der Waals surface area contributed by atoms with Crippen LogP contribution < -0.4 is 5.32 Å². The summed E-state index contributed by atoms with van der Waals surface area (Å²) < 4.78 is 22.1. The van der Waals surface area contributed by atoms with Crippen LogP contribution in [0.3, 0.4) is 0 Å². The van der Waals surface area contributed by atoms with Gasteiger partial charge in [0.2, 0.25) is 5.95 Å². The van der Waals surface area contributed by atoms with Gasteiger partial charge in [0.1, 0.15) is 23.1 Å². The molecule has 2 atom stereocenters. The molecule has 0 aromatic carbocycles. The Morgan fingerprint density at radius 3 is 2.71 bits per heavy atom. The number of aryl methyl sites for hydroxylation is 1. The van der Waals surface area contributed by atoms with Gasteiger partial charge >= 0.3 is 6.09 Å². The molecule has 3 heterocycles. The van der Waals surface area contributed by atoms with E-state index in [-0.39, 0.29) is 12.0 Å². The van der Waals surface area contributed by atoms with Crippen LogP contribution >= 0.6 is 0 Å². The number of anilines is 1. The summed E-state index contributed by atoms with van der Waals surface area (Å²) in [5.74, 6) is 1.37. The lowest BCUT2D eigenvalue weighted by atomic mass is 9.66. The molecule has 31 heavy (non-hydrogen) atoms. The summed E-state index contributed by atoms with van der Waals surface area (Å²) in [5.41, 5.74) is 1.27. The maximum atomic E-state index is 14.9. The highest BCUT2D eigenvalue weighted by molar-refractivity contribution is 5.68. The van der Waals surface area contributed by atoms with Crippen molar-refractivity contribution in [2.24, 2.45) is 0 Å². The van der Waals surface area contributed by atoms with E-state index in [1.54, 1.807) is 27.0 Å². The third-order valence-electron chi connectivity index (χ3n) is 6.55. The third-order valence-corrected chi connectivity index (χ3v) is 6.55. The number of rotatable bonds is 4. The summed E-state index contributed by atoms with van der Waals surface area (Å²) in [6, 6.07) is -0.465. The Balaban J connectivity index is 1.49. The quantitative estimate of drug-likeness (QED) is 0.785. The minimum atomic E-state index is -1.24. The molecule has 1 N–H and O–H groups in total. The second-order valence-electron chi connectivity index (χ2n) is 9.87. The summed E-state index contributed by atoms with van der Waals surface area (Å²) in [6.45, 7) is 9.99. The molecule has 4 rings (SSSR count). The fourth-order valence-electron chi connectivity index (χ4n) is 4.50. The van der Waals surface area contributed by atoms with Crippen LogP contribution in [0.25, 0.3) is 5.52 Å². The number of carbonyl (C=O) groups is 1. The predicted octanol–water partition coefficient (Wildman–Crippen LogP) is 4.02. The number of hydrogen-bond donors (Lipinski definition) is 1. The number of halogens is 1. The molecule has 2 aromatic heterocycles. The highest BCUT2D eigenvalue weighted by Crippen LogP contribution is 2.45. The SMILES string of the molecule is CCC1(c2nc(C)c3cnc(N[C@@H]4CCN(C(=O)OC(C)(C)C)C[C@H]4F)nn23)CCC1. The Morgan fingerprint density at radius 1 is 1.39 bits per heavy atom. The average molecular weight is 433 g/mol. The van der Waals surface area contributed by atoms with Crippen molar-refractivity contribution in [3.8, 4) is 0 Å². The van der Waals surface area contributed by atoms with E-state index >= 15 is 0 Å². The smallest absolute Gasteiger partial charge is 0.410 e. The maximum absolute atomic E-state index is 14.9. The summed E-state index contributed by atoms with van der Waals surface area (Å²) in [6.07, 6.45) is 4.96. The first-order valence-electron chi connectivity index (χ1n) is 11.2. The molecule has 1 saturated carbocycles. The first kappa shape index (κ1) is 21.8. The molecule has 0 unspecified atom stereocenters. The van der Waals surface area contributed by atoms with Gasteiger partial charge in [-0.05, 0) is 53.4 Å². The van der Waals surface area contributed by atoms with Crippen molar-refractivity contribution in [3.05, 3.63) is 17.7 Å². The second kappa shape index (κ2) is 7.91. The van der Waals surface area contributed by atoms with Crippen molar-refractivity contribution in [2.45, 2.75) is 90.0 Å². The van der Waals surface area contributed by atoms with Crippen LogP contribution in [0, 0.1) is 6.92 Å². The van der Waals surface area contributed by atoms with Crippen LogP contribution in [0.5, 0.6) is 0 Å². The lowest BCUT2D eigenvalue weighted by Crippen LogP contribution is -2.51. The molecule has 0 bridgehead atoms. The molecular formula is C22H33FN6O2. The molecule has 9 heteroatoms. The standard InChI is InChI=1S/C22H33FN6O2/c1-6-22(9-7-10-22)18-25-14(2)17-12-24-19(27-29(17)18)26-16-8-11-28(13-15(16)23)20(30)31-21(3,4)5/h12,15-16H,6-11,13H2,1-5H3,(H,26,27)/t15-,16-/m1/s1.